The molecular weight excluding hydrogens is 258 g/mol. The van der Waals surface area contributed by atoms with Crippen molar-refractivity contribution in [2.24, 2.45) is 0 Å². The second kappa shape index (κ2) is 6.70. The molecule has 0 saturated carbocycles. The van der Waals surface area contributed by atoms with E-state index in [4.69, 9.17) is 18.9 Å². The van der Waals surface area contributed by atoms with Crippen LogP contribution in [0.4, 0.5) is 5.69 Å². The van der Waals surface area contributed by atoms with Crippen LogP contribution in [0.2, 0.25) is 0 Å². The lowest BCUT2D eigenvalue weighted by Gasteiger charge is -2.17. The maximum Gasteiger partial charge on any atom is 0.203 e. The second-order valence-electron chi connectivity index (χ2n) is 4.94. The van der Waals surface area contributed by atoms with Crippen molar-refractivity contribution in [1.82, 2.24) is 0 Å². The first-order chi connectivity index (χ1) is 9.67. The summed E-state index contributed by atoms with van der Waals surface area (Å²) in [5.74, 6) is 1.90. The Labute approximate surface area is 120 Å². The minimum atomic E-state index is 0.268. The molecule has 2 unspecified atom stereocenters. The Bertz CT molecular complexity index is 424. The van der Waals surface area contributed by atoms with E-state index in [1.165, 1.54) is 0 Å². The summed E-state index contributed by atoms with van der Waals surface area (Å²) in [5, 5.41) is 3.37. The predicted octanol–water partition coefficient (Wildman–Crippen LogP) is 2.69. The van der Waals surface area contributed by atoms with Gasteiger partial charge in [-0.25, -0.2) is 0 Å². The lowest BCUT2D eigenvalue weighted by molar-refractivity contribution is 0.0637. The van der Waals surface area contributed by atoms with Gasteiger partial charge in [0.25, 0.3) is 0 Å². The predicted molar refractivity (Wildman–Crippen MR) is 78.2 cm³/mol. The molecule has 112 valence electrons. The van der Waals surface area contributed by atoms with Gasteiger partial charge in [0.2, 0.25) is 5.75 Å². The minimum Gasteiger partial charge on any atom is -0.493 e. The van der Waals surface area contributed by atoms with Crippen LogP contribution < -0.4 is 19.5 Å². The van der Waals surface area contributed by atoms with Gasteiger partial charge in [0, 0.05) is 24.4 Å². The Morgan fingerprint density at radius 1 is 1.10 bits per heavy atom. The summed E-state index contributed by atoms with van der Waals surface area (Å²) in [6, 6.07) is 3.81. The van der Waals surface area contributed by atoms with Gasteiger partial charge in [-0.15, -0.1) is 0 Å². The number of ether oxygens (including phenoxy) is 4. The zero-order valence-corrected chi connectivity index (χ0v) is 12.6. The maximum absolute atomic E-state index is 5.79. The zero-order chi connectivity index (χ0) is 14.5. The van der Waals surface area contributed by atoms with Crippen LogP contribution in [-0.4, -0.2) is 40.1 Å². The quantitative estimate of drug-likeness (QED) is 0.868. The highest BCUT2D eigenvalue weighted by Crippen LogP contribution is 2.40. The van der Waals surface area contributed by atoms with Crippen LogP contribution in [0, 0.1) is 0 Å². The Balaban J connectivity index is 2.07. The van der Waals surface area contributed by atoms with Crippen LogP contribution in [0.5, 0.6) is 17.2 Å². The highest BCUT2D eigenvalue weighted by Gasteiger charge is 2.21. The highest BCUT2D eigenvalue weighted by atomic mass is 16.5. The first kappa shape index (κ1) is 14.8. The molecule has 1 aromatic carbocycles. The fraction of sp³-hybridized carbons (Fsp3) is 0.600. The van der Waals surface area contributed by atoms with Crippen molar-refractivity contribution >= 4 is 5.69 Å². The van der Waals surface area contributed by atoms with Crippen molar-refractivity contribution in [3.63, 3.8) is 0 Å². The van der Waals surface area contributed by atoms with Gasteiger partial charge in [-0.2, -0.15) is 0 Å². The molecular formula is C15H23NO4. The van der Waals surface area contributed by atoms with E-state index in [-0.39, 0.29) is 6.10 Å². The van der Waals surface area contributed by atoms with Gasteiger partial charge in [-0.1, -0.05) is 0 Å². The molecule has 5 nitrogen and oxygen atoms in total. The molecule has 20 heavy (non-hydrogen) atoms. The molecule has 0 spiro atoms. The van der Waals surface area contributed by atoms with Gasteiger partial charge in [0.15, 0.2) is 11.5 Å². The largest absolute Gasteiger partial charge is 0.493 e. The van der Waals surface area contributed by atoms with Crippen molar-refractivity contribution in [2.45, 2.75) is 32.0 Å². The monoisotopic (exact) mass is 281 g/mol. The smallest absolute Gasteiger partial charge is 0.203 e. The summed E-state index contributed by atoms with van der Waals surface area (Å²) in [5.41, 5.74) is 0.933. The molecule has 1 saturated heterocycles. The molecule has 2 atom stereocenters. The van der Waals surface area contributed by atoms with E-state index in [2.05, 4.69) is 12.2 Å². The van der Waals surface area contributed by atoms with Crippen LogP contribution in [0.15, 0.2) is 12.1 Å². The topological polar surface area (TPSA) is 49.0 Å². The Morgan fingerprint density at radius 2 is 1.75 bits per heavy atom. The number of hydrogen-bond donors (Lipinski definition) is 1. The van der Waals surface area contributed by atoms with Crippen molar-refractivity contribution in [1.29, 1.82) is 0 Å². The lowest BCUT2D eigenvalue weighted by Crippen LogP contribution is -2.19. The number of hydrogen-bond acceptors (Lipinski definition) is 5. The number of benzene rings is 1. The Hall–Kier alpha value is -1.62. The SMILES string of the molecule is COc1cc(NCC2CCC(C)O2)cc(OC)c1OC. The molecule has 1 N–H and O–H groups in total. The molecule has 1 aromatic rings. The van der Waals surface area contributed by atoms with Gasteiger partial charge < -0.3 is 24.3 Å². The van der Waals surface area contributed by atoms with E-state index in [1.807, 2.05) is 12.1 Å². The molecule has 0 bridgehead atoms. The van der Waals surface area contributed by atoms with Gasteiger partial charge in [0.05, 0.1) is 33.5 Å². The van der Waals surface area contributed by atoms with E-state index in [1.54, 1.807) is 21.3 Å². The number of anilines is 1. The Morgan fingerprint density at radius 3 is 2.20 bits per heavy atom. The zero-order valence-electron chi connectivity index (χ0n) is 12.6. The summed E-state index contributed by atoms with van der Waals surface area (Å²) in [6.07, 6.45) is 2.85. The molecule has 0 aliphatic carbocycles. The third-order valence-electron chi connectivity index (χ3n) is 3.52. The standard InChI is InChI=1S/C15H23NO4/c1-10-5-6-12(20-10)9-16-11-7-13(17-2)15(19-4)14(8-11)18-3/h7-8,10,12,16H,5-6,9H2,1-4H3. The van der Waals surface area contributed by atoms with Crippen LogP contribution in [-0.2, 0) is 4.74 Å². The molecule has 0 aromatic heterocycles. The fourth-order valence-corrected chi connectivity index (χ4v) is 2.45. The third kappa shape index (κ3) is 3.28. The number of methoxy groups -OCH3 is 3. The highest BCUT2D eigenvalue weighted by molar-refractivity contribution is 5.62. The first-order valence-electron chi connectivity index (χ1n) is 6.87. The maximum atomic E-state index is 5.79. The van der Waals surface area contributed by atoms with E-state index in [0.29, 0.717) is 23.4 Å². The molecule has 1 fully saturated rings. The van der Waals surface area contributed by atoms with Crippen molar-refractivity contribution in [2.75, 3.05) is 33.2 Å². The van der Waals surface area contributed by atoms with Gasteiger partial charge >= 0.3 is 0 Å². The molecule has 0 radical (unpaired) electrons. The minimum absolute atomic E-state index is 0.268. The third-order valence-corrected chi connectivity index (χ3v) is 3.52. The molecule has 1 aliphatic rings. The Kier molecular flexibility index (Phi) is 4.95. The van der Waals surface area contributed by atoms with E-state index < -0.39 is 0 Å². The van der Waals surface area contributed by atoms with Crippen molar-refractivity contribution < 1.29 is 18.9 Å². The van der Waals surface area contributed by atoms with Crippen LogP contribution in [0.3, 0.4) is 0 Å². The summed E-state index contributed by atoms with van der Waals surface area (Å²) >= 11 is 0. The van der Waals surface area contributed by atoms with Gasteiger partial charge in [-0.05, 0) is 19.8 Å². The molecule has 5 heteroatoms. The van der Waals surface area contributed by atoms with E-state index in [0.717, 1.165) is 25.1 Å². The van der Waals surface area contributed by atoms with Crippen molar-refractivity contribution in [3.8, 4) is 17.2 Å². The fourth-order valence-electron chi connectivity index (χ4n) is 2.45. The van der Waals surface area contributed by atoms with Crippen LogP contribution >= 0.6 is 0 Å². The molecule has 1 heterocycles. The van der Waals surface area contributed by atoms with Crippen LogP contribution in [0.1, 0.15) is 19.8 Å². The van der Waals surface area contributed by atoms with Crippen molar-refractivity contribution in [3.05, 3.63) is 12.1 Å². The molecule has 1 aliphatic heterocycles. The number of rotatable bonds is 6. The van der Waals surface area contributed by atoms with Crippen LogP contribution in [0.25, 0.3) is 0 Å². The average Bonchev–Trinajstić information content (AvgIpc) is 2.89. The lowest BCUT2D eigenvalue weighted by atomic mass is 10.2. The van der Waals surface area contributed by atoms with E-state index in [9.17, 15) is 0 Å². The normalized spacial score (nSPS) is 21.6. The average molecular weight is 281 g/mol. The first-order valence-corrected chi connectivity index (χ1v) is 6.87. The molecule has 0 amide bonds. The molecule has 2 rings (SSSR count). The summed E-state index contributed by atoms with van der Waals surface area (Å²) in [6.45, 7) is 2.89. The van der Waals surface area contributed by atoms with Gasteiger partial charge in [-0.3, -0.25) is 0 Å². The summed E-state index contributed by atoms with van der Waals surface area (Å²) in [4.78, 5) is 0. The number of nitrogens with one attached hydrogen (secondary N) is 1. The van der Waals surface area contributed by atoms with Gasteiger partial charge in [0.1, 0.15) is 0 Å². The summed E-state index contributed by atoms with van der Waals surface area (Å²) in [7, 11) is 4.83. The van der Waals surface area contributed by atoms with E-state index >= 15 is 0 Å². The summed E-state index contributed by atoms with van der Waals surface area (Å²) < 4.78 is 21.8. The second-order valence-corrected chi connectivity index (χ2v) is 4.94.